The Morgan fingerprint density at radius 1 is 1.19 bits per heavy atom. The molecule has 0 saturated carbocycles. The molecule has 0 aliphatic carbocycles. The molecule has 0 bridgehead atoms. The highest BCUT2D eigenvalue weighted by atomic mass is 32.2. The Labute approximate surface area is 192 Å². The number of benzene rings is 1. The van der Waals surface area contributed by atoms with Gasteiger partial charge in [0.1, 0.15) is 5.82 Å². The monoisotopic (exact) mass is 452 g/mol. The molecule has 1 fully saturated rings. The lowest BCUT2D eigenvalue weighted by Gasteiger charge is -2.28. The van der Waals surface area contributed by atoms with E-state index in [-0.39, 0.29) is 11.7 Å². The van der Waals surface area contributed by atoms with Crippen molar-refractivity contribution in [2.45, 2.75) is 32.1 Å². The number of aryl methyl sites for hydroxylation is 1. The summed E-state index contributed by atoms with van der Waals surface area (Å²) < 4.78 is 7.46. The molecule has 168 valence electrons. The van der Waals surface area contributed by atoms with Crippen molar-refractivity contribution in [2.24, 2.45) is 0 Å². The van der Waals surface area contributed by atoms with E-state index in [2.05, 4.69) is 49.9 Å². The molecule has 0 unspecified atom stereocenters. The third-order valence-corrected chi connectivity index (χ3v) is 6.35. The largest absolute Gasteiger partial charge is 0.378 e. The Hall–Kier alpha value is -2.91. The first kappa shape index (κ1) is 22.3. The van der Waals surface area contributed by atoms with Crippen molar-refractivity contribution < 1.29 is 9.53 Å². The molecule has 1 saturated heterocycles. The molecule has 1 amide bonds. The van der Waals surface area contributed by atoms with Crippen LogP contribution in [0.4, 0.5) is 5.82 Å². The van der Waals surface area contributed by atoms with Crippen LogP contribution < -0.4 is 10.2 Å². The van der Waals surface area contributed by atoms with Crippen LogP contribution in [-0.2, 0) is 22.6 Å². The number of pyridine rings is 1. The third-order valence-electron chi connectivity index (χ3n) is 5.39. The summed E-state index contributed by atoms with van der Waals surface area (Å²) in [6, 6.07) is 12.1. The van der Waals surface area contributed by atoms with Gasteiger partial charge in [-0.25, -0.2) is 4.98 Å². The van der Waals surface area contributed by atoms with Crippen LogP contribution >= 0.6 is 11.8 Å². The van der Waals surface area contributed by atoms with Crippen molar-refractivity contribution in [3.63, 3.8) is 0 Å². The number of anilines is 1. The van der Waals surface area contributed by atoms with Gasteiger partial charge >= 0.3 is 0 Å². The molecule has 3 heterocycles. The normalized spacial score (nSPS) is 13.9. The number of aromatic nitrogens is 4. The fourth-order valence-corrected chi connectivity index (χ4v) is 4.45. The van der Waals surface area contributed by atoms with E-state index in [9.17, 15) is 4.79 Å². The molecular weight excluding hydrogens is 424 g/mol. The van der Waals surface area contributed by atoms with E-state index in [1.54, 1.807) is 6.20 Å². The smallest absolute Gasteiger partial charge is 0.230 e. The quantitative estimate of drug-likeness (QED) is 0.526. The third kappa shape index (κ3) is 5.28. The number of morpholine rings is 1. The predicted molar refractivity (Wildman–Crippen MR) is 126 cm³/mol. The number of nitrogens with zero attached hydrogens (tertiary/aromatic N) is 5. The van der Waals surface area contributed by atoms with E-state index < -0.39 is 0 Å². The second-order valence-corrected chi connectivity index (χ2v) is 8.49. The van der Waals surface area contributed by atoms with E-state index in [0.717, 1.165) is 53.1 Å². The molecule has 9 heteroatoms. The van der Waals surface area contributed by atoms with Crippen LogP contribution in [0.5, 0.6) is 0 Å². The van der Waals surface area contributed by atoms with Gasteiger partial charge in [0.05, 0.1) is 19.0 Å². The summed E-state index contributed by atoms with van der Waals surface area (Å²) in [5, 5.41) is 12.5. The van der Waals surface area contributed by atoms with Gasteiger partial charge in [0.15, 0.2) is 11.0 Å². The van der Waals surface area contributed by atoms with Crippen molar-refractivity contribution in [1.82, 2.24) is 25.1 Å². The molecule has 1 aliphatic rings. The van der Waals surface area contributed by atoms with Crippen molar-refractivity contribution in [1.29, 1.82) is 0 Å². The number of amides is 1. The Morgan fingerprint density at radius 3 is 2.78 bits per heavy atom. The highest BCUT2D eigenvalue weighted by molar-refractivity contribution is 7.99. The van der Waals surface area contributed by atoms with E-state index >= 15 is 0 Å². The van der Waals surface area contributed by atoms with E-state index in [1.165, 1.54) is 11.8 Å². The first-order valence-corrected chi connectivity index (χ1v) is 11.8. The fraction of sp³-hybridized carbons (Fsp3) is 0.391. The molecular formula is C23H28N6O2S. The van der Waals surface area contributed by atoms with E-state index in [4.69, 9.17) is 4.74 Å². The summed E-state index contributed by atoms with van der Waals surface area (Å²) in [7, 11) is 0. The summed E-state index contributed by atoms with van der Waals surface area (Å²) >= 11 is 1.40. The Balaban J connectivity index is 1.33. The first-order chi connectivity index (χ1) is 15.7. The highest BCUT2D eigenvalue weighted by Gasteiger charge is 2.16. The van der Waals surface area contributed by atoms with Crippen LogP contribution in [0.25, 0.3) is 11.4 Å². The van der Waals surface area contributed by atoms with Crippen LogP contribution in [0, 0.1) is 6.92 Å². The first-order valence-electron chi connectivity index (χ1n) is 10.8. The SMILES string of the molecule is CCn1c(SCC(=O)NCc2ccnc(N3CCOCC3)c2)nnc1-c1ccccc1C. The van der Waals surface area contributed by atoms with Gasteiger partial charge < -0.3 is 19.5 Å². The molecule has 2 aromatic heterocycles. The number of ether oxygens (including phenoxy) is 1. The van der Waals surface area contributed by atoms with Gasteiger partial charge in [0.2, 0.25) is 5.91 Å². The number of hydrogen-bond acceptors (Lipinski definition) is 7. The van der Waals surface area contributed by atoms with Crippen LogP contribution in [0.15, 0.2) is 47.8 Å². The average molecular weight is 453 g/mol. The summed E-state index contributed by atoms with van der Waals surface area (Å²) in [4.78, 5) is 19.1. The van der Waals surface area contributed by atoms with Crippen molar-refractivity contribution >= 4 is 23.5 Å². The zero-order valence-corrected chi connectivity index (χ0v) is 19.3. The molecule has 1 aromatic carbocycles. The number of rotatable bonds is 8. The molecule has 3 aromatic rings. The van der Waals surface area contributed by atoms with Crippen LogP contribution in [-0.4, -0.2) is 57.7 Å². The molecule has 1 N–H and O–H groups in total. The minimum atomic E-state index is -0.0390. The zero-order valence-electron chi connectivity index (χ0n) is 18.5. The summed E-state index contributed by atoms with van der Waals surface area (Å²) in [5.41, 5.74) is 3.24. The maximum atomic E-state index is 12.5. The maximum absolute atomic E-state index is 12.5. The maximum Gasteiger partial charge on any atom is 0.230 e. The second kappa shape index (κ2) is 10.6. The Kier molecular flexibility index (Phi) is 7.39. The van der Waals surface area contributed by atoms with E-state index in [1.807, 2.05) is 30.3 Å². The highest BCUT2D eigenvalue weighted by Crippen LogP contribution is 2.26. The molecule has 4 rings (SSSR count). The number of carbonyl (C=O) groups is 1. The number of thioether (sulfide) groups is 1. The molecule has 0 spiro atoms. The van der Waals surface area contributed by atoms with Crippen LogP contribution in [0.1, 0.15) is 18.1 Å². The second-order valence-electron chi connectivity index (χ2n) is 7.55. The number of carbonyl (C=O) groups excluding carboxylic acids is 1. The van der Waals surface area contributed by atoms with Crippen molar-refractivity contribution in [3.8, 4) is 11.4 Å². The minimum Gasteiger partial charge on any atom is -0.378 e. The van der Waals surface area contributed by atoms with Crippen LogP contribution in [0.3, 0.4) is 0 Å². The minimum absolute atomic E-state index is 0.0390. The molecule has 0 radical (unpaired) electrons. The Bertz CT molecular complexity index is 1060. The molecule has 8 nitrogen and oxygen atoms in total. The van der Waals surface area contributed by atoms with Gasteiger partial charge in [0.25, 0.3) is 0 Å². The number of nitrogens with one attached hydrogen (secondary N) is 1. The standard InChI is InChI=1S/C23H28N6O2S/c1-3-29-22(19-7-5-4-6-17(19)2)26-27-23(29)32-16-21(30)25-15-18-8-9-24-20(14-18)28-10-12-31-13-11-28/h4-9,14H,3,10-13,15-16H2,1-2H3,(H,25,30). The fourth-order valence-electron chi connectivity index (χ4n) is 3.62. The van der Waals surface area contributed by atoms with Crippen molar-refractivity contribution in [2.75, 3.05) is 37.0 Å². The molecule has 0 atom stereocenters. The summed E-state index contributed by atoms with van der Waals surface area (Å²) in [6.45, 7) is 8.43. The lowest BCUT2D eigenvalue weighted by molar-refractivity contribution is -0.118. The predicted octanol–water partition coefficient (Wildman–Crippen LogP) is 2.91. The van der Waals surface area contributed by atoms with E-state index in [0.29, 0.717) is 19.8 Å². The summed E-state index contributed by atoms with van der Waals surface area (Å²) in [6.07, 6.45) is 1.79. The van der Waals surface area contributed by atoms with Gasteiger partial charge in [-0.05, 0) is 37.1 Å². The van der Waals surface area contributed by atoms with Gasteiger partial charge in [-0.15, -0.1) is 10.2 Å². The Morgan fingerprint density at radius 2 is 2.00 bits per heavy atom. The number of hydrogen-bond donors (Lipinski definition) is 1. The van der Waals surface area contributed by atoms with Gasteiger partial charge in [-0.3, -0.25) is 4.79 Å². The lowest BCUT2D eigenvalue weighted by Crippen LogP contribution is -2.36. The van der Waals surface area contributed by atoms with Gasteiger partial charge in [-0.2, -0.15) is 0 Å². The van der Waals surface area contributed by atoms with Crippen LogP contribution in [0.2, 0.25) is 0 Å². The summed E-state index contributed by atoms with van der Waals surface area (Å²) in [5.74, 6) is 2.01. The molecule has 32 heavy (non-hydrogen) atoms. The van der Waals surface area contributed by atoms with Crippen molar-refractivity contribution in [3.05, 3.63) is 53.7 Å². The van der Waals surface area contributed by atoms with Gasteiger partial charge in [-0.1, -0.05) is 36.0 Å². The average Bonchev–Trinajstić information content (AvgIpc) is 3.25. The lowest BCUT2D eigenvalue weighted by atomic mass is 10.1. The topological polar surface area (TPSA) is 85.2 Å². The zero-order chi connectivity index (χ0) is 22.3. The van der Waals surface area contributed by atoms with Gasteiger partial charge in [0, 0.05) is 37.9 Å². The molecule has 1 aliphatic heterocycles.